The lowest BCUT2D eigenvalue weighted by atomic mass is 9.82. The first-order valence-corrected chi connectivity index (χ1v) is 12.3. The van der Waals surface area contributed by atoms with Gasteiger partial charge in [0.2, 0.25) is 0 Å². The number of benzene rings is 2. The minimum atomic E-state index is -0.644. The molecule has 2 N–H and O–H groups in total. The second kappa shape index (κ2) is 8.28. The van der Waals surface area contributed by atoms with Crippen LogP contribution in [0, 0.1) is 12.7 Å². The molecule has 9 heteroatoms. The number of nitrogens with one attached hydrogen (secondary N) is 2. The topological polar surface area (TPSA) is 82.5 Å². The van der Waals surface area contributed by atoms with Crippen molar-refractivity contribution in [3.05, 3.63) is 92.2 Å². The van der Waals surface area contributed by atoms with Gasteiger partial charge in [0.25, 0.3) is 11.5 Å². The molecule has 1 amide bonds. The van der Waals surface area contributed by atoms with Crippen LogP contribution in [-0.2, 0) is 5.54 Å². The highest BCUT2D eigenvalue weighted by atomic mass is 35.5. The summed E-state index contributed by atoms with van der Waals surface area (Å²) in [5, 5.41) is 8.43. The average Bonchev–Trinajstić information content (AvgIpc) is 3.59. The zero-order valence-corrected chi connectivity index (χ0v) is 20.7. The number of aromatic nitrogens is 3. The predicted octanol–water partition coefficient (Wildman–Crippen LogP) is 4.24. The van der Waals surface area contributed by atoms with Crippen LogP contribution in [0.5, 0.6) is 0 Å². The van der Waals surface area contributed by atoms with E-state index >= 15 is 0 Å². The Labute approximate surface area is 211 Å². The van der Waals surface area contributed by atoms with Crippen molar-refractivity contribution >= 4 is 23.0 Å². The number of carbonyl (C=O) groups is 1. The number of hydrogen-bond acceptors (Lipinski definition) is 4. The summed E-state index contributed by atoms with van der Waals surface area (Å²) >= 11 is 6.17. The lowest BCUT2D eigenvalue weighted by Gasteiger charge is -2.49. The number of aryl methyl sites for hydroxylation is 1. The maximum atomic E-state index is 13.7. The Morgan fingerprint density at radius 3 is 2.56 bits per heavy atom. The molecule has 1 saturated heterocycles. The summed E-state index contributed by atoms with van der Waals surface area (Å²) in [5.41, 5.74) is 3.55. The van der Waals surface area contributed by atoms with Crippen LogP contribution in [0.4, 0.5) is 4.39 Å². The van der Waals surface area contributed by atoms with Crippen LogP contribution >= 0.6 is 11.6 Å². The van der Waals surface area contributed by atoms with Crippen molar-refractivity contribution < 1.29 is 9.18 Å². The summed E-state index contributed by atoms with van der Waals surface area (Å²) in [7, 11) is 1.97. The number of fused-ring (bicyclic) bond motifs is 1. The van der Waals surface area contributed by atoms with Gasteiger partial charge in [-0.15, -0.1) is 0 Å². The number of H-pyrrole nitrogens is 1. The molecule has 1 aliphatic carbocycles. The molecule has 6 rings (SSSR count). The first kappa shape index (κ1) is 22.9. The van der Waals surface area contributed by atoms with Crippen molar-refractivity contribution in [1.82, 2.24) is 24.8 Å². The van der Waals surface area contributed by atoms with Gasteiger partial charge in [-0.25, -0.2) is 8.91 Å². The molecule has 2 aromatic carbocycles. The highest BCUT2D eigenvalue weighted by molar-refractivity contribution is 6.31. The van der Waals surface area contributed by atoms with Crippen molar-refractivity contribution in [3.63, 3.8) is 0 Å². The van der Waals surface area contributed by atoms with Gasteiger partial charge < -0.3 is 15.2 Å². The lowest BCUT2D eigenvalue weighted by molar-refractivity contribution is 0.0507. The van der Waals surface area contributed by atoms with Crippen molar-refractivity contribution in [2.24, 2.45) is 0 Å². The minimum absolute atomic E-state index is 0.124. The van der Waals surface area contributed by atoms with Gasteiger partial charge in [-0.1, -0.05) is 29.8 Å². The quantitative estimate of drug-likeness (QED) is 0.425. The average molecular weight is 506 g/mol. The maximum absolute atomic E-state index is 13.7. The van der Waals surface area contributed by atoms with Gasteiger partial charge in [0.05, 0.1) is 17.4 Å². The fraction of sp³-hybridized carbons (Fsp3) is 0.296. The van der Waals surface area contributed by atoms with Gasteiger partial charge in [-0.05, 0) is 73.7 Å². The molecule has 184 valence electrons. The van der Waals surface area contributed by atoms with E-state index in [1.165, 1.54) is 16.6 Å². The Morgan fingerprint density at radius 1 is 1.19 bits per heavy atom. The molecule has 3 heterocycles. The summed E-state index contributed by atoms with van der Waals surface area (Å²) in [6.45, 7) is 3.09. The molecular formula is C27H25ClFN5O2. The van der Waals surface area contributed by atoms with Crippen molar-refractivity contribution in [2.75, 3.05) is 20.1 Å². The molecule has 2 aromatic heterocycles. The molecule has 0 unspecified atom stereocenters. The standard InChI is InChI=1S/C27H25ClFN5O2/c1-15-11-17(5-10-20(15)28)21-12-34-24(26(36)30-21)22(16-3-4-16)23(32-34)25(35)31-27(13-33(2)14-27)18-6-8-19(29)9-7-18/h5-12,16H,3-4,13-14H2,1-2H3,(H,30,36)(H,31,35). The fourth-order valence-electron chi connectivity index (χ4n) is 5.24. The van der Waals surface area contributed by atoms with Crippen molar-refractivity contribution in [1.29, 1.82) is 0 Å². The van der Waals surface area contributed by atoms with E-state index in [1.54, 1.807) is 24.4 Å². The van der Waals surface area contributed by atoms with Crippen LogP contribution < -0.4 is 10.9 Å². The Hall–Kier alpha value is -3.49. The Kier molecular flexibility index (Phi) is 5.28. The number of amides is 1. The van der Waals surface area contributed by atoms with E-state index in [1.807, 2.05) is 26.1 Å². The van der Waals surface area contributed by atoms with Gasteiger partial charge in [-0.3, -0.25) is 9.59 Å². The largest absolute Gasteiger partial charge is 0.338 e. The first-order valence-electron chi connectivity index (χ1n) is 11.9. The third-order valence-corrected chi connectivity index (χ3v) is 7.58. The molecule has 7 nitrogen and oxygen atoms in total. The summed E-state index contributed by atoms with van der Waals surface area (Å²) in [4.78, 5) is 32.0. The maximum Gasteiger partial charge on any atom is 0.274 e. The molecular weight excluding hydrogens is 481 g/mol. The summed E-state index contributed by atoms with van der Waals surface area (Å²) in [5.74, 6) is -0.532. The third kappa shape index (κ3) is 3.81. The summed E-state index contributed by atoms with van der Waals surface area (Å²) in [6.07, 6.45) is 3.56. The van der Waals surface area contributed by atoms with E-state index in [4.69, 9.17) is 11.6 Å². The van der Waals surface area contributed by atoms with E-state index in [2.05, 4.69) is 20.3 Å². The molecule has 1 saturated carbocycles. The van der Waals surface area contributed by atoms with E-state index in [0.29, 0.717) is 34.9 Å². The lowest BCUT2D eigenvalue weighted by Crippen LogP contribution is -2.66. The van der Waals surface area contributed by atoms with Gasteiger partial charge in [0.1, 0.15) is 11.3 Å². The molecule has 0 radical (unpaired) electrons. The van der Waals surface area contributed by atoms with Crippen LogP contribution in [0.3, 0.4) is 0 Å². The number of likely N-dealkylation sites (tertiary alicyclic amines) is 1. The molecule has 2 fully saturated rings. The normalized spacial score (nSPS) is 17.2. The van der Waals surface area contributed by atoms with Gasteiger partial charge in [0, 0.05) is 23.7 Å². The fourth-order valence-corrected chi connectivity index (χ4v) is 5.36. The number of hydrogen-bond donors (Lipinski definition) is 2. The molecule has 0 spiro atoms. The molecule has 1 aliphatic heterocycles. The summed E-state index contributed by atoms with van der Waals surface area (Å²) < 4.78 is 15.1. The number of halogens is 2. The van der Waals surface area contributed by atoms with E-state index < -0.39 is 5.54 Å². The van der Waals surface area contributed by atoms with Crippen molar-refractivity contribution in [2.45, 2.75) is 31.2 Å². The monoisotopic (exact) mass is 505 g/mol. The number of aromatic amines is 1. The highest BCUT2D eigenvalue weighted by Gasteiger charge is 2.45. The van der Waals surface area contributed by atoms with E-state index in [0.717, 1.165) is 29.5 Å². The van der Waals surface area contributed by atoms with Gasteiger partial charge in [0.15, 0.2) is 5.69 Å². The molecule has 4 aromatic rings. The van der Waals surface area contributed by atoms with Crippen LogP contribution in [0.15, 0.2) is 53.5 Å². The first-order chi connectivity index (χ1) is 17.2. The van der Waals surface area contributed by atoms with Crippen LogP contribution in [0.25, 0.3) is 16.8 Å². The van der Waals surface area contributed by atoms with Gasteiger partial charge >= 0.3 is 0 Å². The second-order valence-electron chi connectivity index (χ2n) is 10.0. The SMILES string of the molecule is Cc1cc(-c2cn3nc(C(=O)NC4(c5ccc(F)cc5)CN(C)C4)c(C4CC4)c3c(=O)[nH]2)ccc1Cl. The molecule has 0 bridgehead atoms. The zero-order chi connectivity index (χ0) is 25.2. The van der Waals surface area contributed by atoms with Gasteiger partial charge in [-0.2, -0.15) is 5.10 Å². The summed E-state index contributed by atoms with van der Waals surface area (Å²) in [6, 6.07) is 11.8. The molecule has 2 aliphatic rings. The predicted molar refractivity (Wildman–Crippen MR) is 136 cm³/mol. The number of carbonyl (C=O) groups excluding carboxylic acids is 1. The van der Waals surface area contributed by atoms with E-state index in [9.17, 15) is 14.0 Å². The molecule has 0 atom stereocenters. The van der Waals surface area contributed by atoms with E-state index in [-0.39, 0.29) is 28.9 Å². The van der Waals surface area contributed by atoms with Crippen molar-refractivity contribution in [3.8, 4) is 11.3 Å². The van der Waals surface area contributed by atoms with Crippen LogP contribution in [0.2, 0.25) is 5.02 Å². The smallest absolute Gasteiger partial charge is 0.274 e. The second-order valence-corrected chi connectivity index (χ2v) is 10.4. The molecule has 36 heavy (non-hydrogen) atoms. The number of likely N-dealkylation sites (N-methyl/N-ethyl adjacent to an activating group) is 1. The highest BCUT2D eigenvalue weighted by Crippen LogP contribution is 2.43. The number of nitrogens with zero attached hydrogens (tertiary/aromatic N) is 3. The Morgan fingerprint density at radius 2 is 1.92 bits per heavy atom. The Balaban J connectivity index is 1.42. The number of rotatable bonds is 5. The van der Waals surface area contributed by atoms with Crippen LogP contribution in [-0.4, -0.2) is 45.5 Å². The third-order valence-electron chi connectivity index (χ3n) is 7.16. The zero-order valence-electron chi connectivity index (χ0n) is 19.9. The Bertz CT molecular complexity index is 1570. The van der Waals surface area contributed by atoms with Crippen LogP contribution in [0.1, 0.15) is 45.9 Å². The minimum Gasteiger partial charge on any atom is -0.338 e.